The van der Waals surface area contributed by atoms with E-state index in [9.17, 15) is 17.6 Å². The second kappa shape index (κ2) is 10.9. The van der Waals surface area contributed by atoms with Crippen LogP contribution in [0.1, 0.15) is 23.4 Å². The van der Waals surface area contributed by atoms with Gasteiger partial charge in [-0.05, 0) is 62.1 Å². The van der Waals surface area contributed by atoms with Crippen molar-refractivity contribution in [3.63, 3.8) is 0 Å². The van der Waals surface area contributed by atoms with Crippen molar-refractivity contribution in [1.29, 1.82) is 0 Å². The fraction of sp³-hybridized carbons (Fsp3) is 0.318. The quantitative estimate of drug-likeness (QED) is 0.452. The van der Waals surface area contributed by atoms with E-state index in [0.29, 0.717) is 11.6 Å². The predicted molar refractivity (Wildman–Crippen MR) is 126 cm³/mol. The monoisotopic (exact) mass is 491 g/mol. The summed E-state index contributed by atoms with van der Waals surface area (Å²) >= 11 is 1.48. The van der Waals surface area contributed by atoms with Crippen molar-refractivity contribution in [2.24, 2.45) is 0 Å². The molecule has 11 heteroatoms. The van der Waals surface area contributed by atoms with Crippen LogP contribution in [0.3, 0.4) is 0 Å². The Morgan fingerprint density at radius 1 is 1.21 bits per heavy atom. The molecule has 0 spiro atoms. The molecule has 3 aromatic rings. The van der Waals surface area contributed by atoms with E-state index in [1.807, 2.05) is 32.2 Å². The topological polar surface area (TPSA) is 106 Å². The largest absolute Gasteiger partial charge is 0.351 e. The Kier molecular flexibility index (Phi) is 8.22. The van der Waals surface area contributed by atoms with Crippen LogP contribution < -0.4 is 10.0 Å². The first kappa shape index (κ1) is 24.9. The summed E-state index contributed by atoms with van der Waals surface area (Å²) in [5.41, 5.74) is 2.59. The zero-order chi connectivity index (χ0) is 24.0. The van der Waals surface area contributed by atoms with Crippen LogP contribution in [0.2, 0.25) is 0 Å². The maximum Gasteiger partial charge on any atom is 0.244 e. The van der Waals surface area contributed by atoms with Crippen molar-refractivity contribution in [3.8, 4) is 5.82 Å². The van der Waals surface area contributed by atoms with Crippen molar-refractivity contribution in [2.75, 3.05) is 12.0 Å². The standard InChI is InChI=1S/C22H26FN5O3S2/c1-15-12-16(2)28(26-15)21-9-8-17(13-24-21)14-25-22(29)19(10-11-32-3)27-33(30,31)20-7-5-4-6-18(20)23/h4-9,12-13,19,27H,10-11,14H2,1-3H3,(H,25,29). The molecule has 176 valence electrons. The van der Waals surface area contributed by atoms with Crippen LogP contribution in [0.5, 0.6) is 0 Å². The number of halogens is 1. The van der Waals surface area contributed by atoms with E-state index in [0.717, 1.165) is 29.1 Å². The number of pyridine rings is 1. The van der Waals surface area contributed by atoms with Gasteiger partial charge in [-0.2, -0.15) is 21.6 Å². The zero-order valence-electron chi connectivity index (χ0n) is 18.6. The molecule has 1 amide bonds. The van der Waals surface area contributed by atoms with Gasteiger partial charge in [-0.15, -0.1) is 0 Å². The van der Waals surface area contributed by atoms with E-state index in [1.54, 1.807) is 16.9 Å². The van der Waals surface area contributed by atoms with Gasteiger partial charge in [-0.3, -0.25) is 4.79 Å². The third kappa shape index (κ3) is 6.40. The number of aromatic nitrogens is 3. The van der Waals surface area contributed by atoms with Gasteiger partial charge in [-0.25, -0.2) is 22.5 Å². The molecule has 3 rings (SSSR count). The van der Waals surface area contributed by atoms with Gasteiger partial charge in [0, 0.05) is 18.4 Å². The van der Waals surface area contributed by atoms with Crippen LogP contribution in [0.15, 0.2) is 53.6 Å². The van der Waals surface area contributed by atoms with Crippen molar-refractivity contribution in [2.45, 2.75) is 37.8 Å². The first-order chi connectivity index (χ1) is 15.7. The average Bonchev–Trinajstić information content (AvgIpc) is 3.13. The smallest absolute Gasteiger partial charge is 0.244 e. The molecule has 0 bridgehead atoms. The number of benzene rings is 1. The SMILES string of the molecule is CSCCC(NS(=O)(=O)c1ccccc1F)C(=O)NCc1ccc(-n2nc(C)cc2C)nc1. The number of nitrogens with one attached hydrogen (secondary N) is 2. The van der Waals surface area contributed by atoms with Gasteiger partial charge in [0.25, 0.3) is 0 Å². The molecule has 2 aromatic heterocycles. The highest BCUT2D eigenvalue weighted by atomic mass is 32.2. The molecule has 33 heavy (non-hydrogen) atoms. The Hall–Kier alpha value is -2.76. The molecule has 8 nitrogen and oxygen atoms in total. The first-order valence-electron chi connectivity index (χ1n) is 10.2. The normalized spacial score (nSPS) is 12.5. The van der Waals surface area contributed by atoms with Gasteiger partial charge in [0.1, 0.15) is 16.8 Å². The molecule has 1 unspecified atom stereocenters. The Bertz CT molecular complexity index is 1210. The number of carbonyl (C=O) groups excluding carboxylic acids is 1. The highest BCUT2D eigenvalue weighted by Crippen LogP contribution is 2.15. The fourth-order valence-corrected chi connectivity index (χ4v) is 4.99. The van der Waals surface area contributed by atoms with E-state index < -0.39 is 32.7 Å². The van der Waals surface area contributed by atoms with E-state index in [1.165, 1.54) is 23.9 Å². The maximum absolute atomic E-state index is 14.0. The molecule has 0 aliphatic heterocycles. The molecule has 0 saturated carbocycles. The van der Waals surface area contributed by atoms with Gasteiger partial charge >= 0.3 is 0 Å². The number of thioether (sulfide) groups is 1. The lowest BCUT2D eigenvalue weighted by Crippen LogP contribution is -2.46. The molecular weight excluding hydrogens is 465 g/mol. The number of carbonyl (C=O) groups is 1. The summed E-state index contributed by atoms with van der Waals surface area (Å²) in [5.74, 6) is -0.155. The maximum atomic E-state index is 14.0. The van der Waals surface area contributed by atoms with Crippen LogP contribution in [-0.2, 0) is 21.4 Å². The van der Waals surface area contributed by atoms with Crippen LogP contribution in [-0.4, -0.2) is 47.1 Å². The van der Waals surface area contributed by atoms with Crippen molar-refractivity contribution in [3.05, 3.63) is 71.4 Å². The highest BCUT2D eigenvalue weighted by molar-refractivity contribution is 7.98. The van der Waals surface area contributed by atoms with Gasteiger partial charge in [0.2, 0.25) is 15.9 Å². The number of aryl methyl sites for hydroxylation is 2. The molecule has 1 aromatic carbocycles. The second-order valence-corrected chi connectivity index (χ2v) is 10.1. The highest BCUT2D eigenvalue weighted by Gasteiger charge is 2.27. The van der Waals surface area contributed by atoms with E-state index >= 15 is 0 Å². The van der Waals surface area contributed by atoms with Gasteiger partial charge in [0.15, 0.2) is 5.82 Å². The van der Waals surface area contributed by atoms with Gasteiger partial charge in [-0.1, -0.05) is 18.2 Å². The summed E-state index contributed by atoms with van der Waals surface area (Å²) in [7, 11) is -4.20. The number of hydrogen-bond donors (Lipinski definition) is 2. The fourth-order valence-electron chi connectivity index (χ4n) is 3.21. The molecule has 0 saturated heterocycles. The van der Waals surface area contributed by atoms with Crippen LogP contribution in [0, 0.1) is 19.7 Å². The molecular formula is C22H26FN5O3S2. The third-order valence-electron chi connectivity index (χ3n) is 4.85. The summed E-state index contributed by atoms with van der Waals surface area (Å²) in [5, 5.41) is 7.13. The number of sulfonamides is 1. The number of rotatable bonds is 10. The lowest BCUT2D eigenvalue weighted by atomic mass is 10.2. The summed E-state index contributed by atoms with van der Waals surface area (Å²) < 4.78 is 43.4. The molecule has 2 heterocycles. The summed E-state index contributed by atoms with van der Waals surface area (Å²) in [6.07, 6.45) is 3.75. The summed E-state index contributed by atoms with van der Waals surface area (Å²) in [4.78, 5) is 16.7. The Morgan fingerprint density at radius 3 is 2.58 bits per heavy atom. The Morgan fingerprint density at radius 2 is 1.97 bits per heavy atom. The number of amides is 1. The number of nitrogens with zero attached hydrogens (tertiary/aromatic N) is 3. The molecule has 0 aliphatic rings. The number of hydrogen-bond acceptors (Lipinski definition) is 6. The minimum absolute atomic E-state index is 0.167. The minimum Gasteiger partial charge on any atom is -0.351 e. The average molecular weight is 492 g/mol. The van der Waals surface area contributed by atoms with Crippen LogP contribution in [0.25, 0.3) is 5.82 Å². The molecule has 1 atom stereocenters. The zero-order valence-corrected chi connectivity index (χ0v) is 20.2. The van der Waals surface area contributed by atoms with Gasteiger partial charge in [0.05, 0.1) is 5.69 Å². The van der Waals surface area contributed by atoms with Crippen molar-refractivity contribution < 1.29 is 17.6 Å². The summed E-state index contributed by atoms with van der Waals surface area (Å²) in [6, 6.07) is 9.59. The van der Waals surface area contributed by atoms with Crippen molar-refractivity contribution in [1.82, 2.24) is 24.8 Å². The second-order valence-electron chi connectivity index (χ2n) is 7.47. The van der Waals surface area contributed by atoms with E-state index in [2.05, 4.69) is 20.1 Å². The Balaban J connectivity index is 1.67. The predicted octanol–water partition coefficient (Wildman–Crippen LogP) is 2.74. The van der Waals surface area contributed by atoms with E-state index in [4.69, 9.17) is 0 Å². The molecule has 0 aliphatic carbocycles. The molecule has 0 fully saturated rings. The lowest BCUT2D eigenvalue weighted by molar-refractivity contribution is -0.122. The van der Waals surface area contributed by atoms with Crippen LogP contribution in [0.4, 0.5) is 4.39 Å². The van der Waals surface area contributed by atoms with Gasteiger partial charge < -0.3 is 5.32 Å². The Labute approximate surface area is 197 Å². The minimum atomic E-state index is -4.20. The van der Waals surface area contributed by atoms with E-state index in [-0.39, 0.29) is 13.0 Å². The summed E-state index contributed by atoms with van der Waals surface area (Å²) in [6.45, 7) is 4.01. The van der Waals surface area contributed by atoms with Crippen molar-refractivity contribution >= 4 is 27.7 Å². The van der Waals surface area contributed by atoms with Crippen LogP contribution >= 0.6 is 11.8 Å². The molecule has 0 radical (unpaired) electrons. The first-order valence-corrected chi connectivity index (χ1v) is 13.1. The molecule has 2 N–H and O–H groups in total. The lowest BCUT2D eigenvalue weighted by Gasteiger charge is -2.18. The third-order valence-corrected chi connectivity index (χ3v) is 7.00.